The lowest BCUT2D eigenvalue weighted by Gasteiger charge is -2.27. The number of halogens is 2. The van der Waals surface area contributed by atoms with Gasteiger partial charge in [-0.3, -0.25) is 4.79 Å². The Kier molecular flexibility index (Phi) is 6.86. The molecule has 0 unspecified atom stereocenters. The molecule has 6 heteroatoms. The number of benzene rings is 1. The normalized spacial score (nSPS) is 14.5. The van der Waals surface area contributed by atoms with Crippen molar-refractivity contribution in [1.29, 1.82) is 0 Å². The molecule has 0 radical (unpaired) electrons. The maximum Gasteiger partial charge on any atom is 0.230 e. The van der Waals surface area contributed by atoms with E-state index in [1.165, 1.54) is 11.8 Å². The van der Waals surface area contributed by atoms with Gasteiger partial charge in [-0.15, -0.1) is 24.2 Å². The van der Waals surface area contributed by atoms with Gasteiger partial charge >= 0.3 is 0 Å². The van der Waals surface area contributed by atoms with E-state index in [4.69, 9.17) is 11.6 Å². The molecule has 3 nitrogen and oxygen atoms in total. The third-order valence-corrected chi connectivity index (χ3v) is 4.16. The first-order valence-corrected chi connectivity index (χ1v) is 6.97. The Labute approximate surface area is 122 Å². The van der Waals surface area contributed by atoms with Crippen LogP contribution in [0.5, 0.6) is 0 Å². The summed E-state index contributed by atoms with van der Waals surface area (Å²) in [5.74, 6) is 1.09. The smallest absolute Gasteiger partial charge is 0.230 e. The maximum atomic E-state index is 11.6. The van der Waals surface area contributed by atoms with E-state index in [9.17, 15) is 4.79 Å². The fraction of sp³-hybridized carbons (Fsp3) is 0.417. The molecule has 1 amide bonds. The fourth-order valence-corrected chi connectivity index (χ4v) is 2.58. The monoisotopic (exact) mass is 306 g/mol. The van der Waals surface area contributed by atoms with Gasteiger partial charge in [0, 0.05) is 30.4 Å². The number of hydrogen-bond donors (Lipinski definition) is 2. The number of nitrogens with one attached hydrogen (secondary N) is 2. The van der Waals surface area contributed by atoms with Gasteiger partial charge in [-0.05, 0) is 12.1 Å². The van der Waals surface area contributed by atoms with Crippen LogP contribution in [0.4, 0.5) is 0 Å². The zero-order valence-electron chi connectivity index (χ0n) is 9.82. The topological polar surface area (TPSA) is 41.1 Å². The van der Waals surface area contributed by atoms with E-state index in [1.54, 1.807) is 0 Å². The summed E-state index contributed by atoms with van der Waals surface area (Å²) in [6.07, 6.45) is 0. The second-order valence-electron chi connectivity index (χ2n) is 4.05. The lowest BCUT2D eigenvalue weighted by molar-refractivity contribution is -0.118. The van der Waals surface area contributed by atoms with Crippen LogP contribution >= 0.6 is 35.8 Å². The molecular weight excluding hydrogens is 291 g/mol. The van der Waals surface area contributed by atoms with Crippen LogP contribution in [0.15, 0.2) is 29.2 Å². The van der Waals surface area contributed by atoms with Crippen LogP contribution in [0.2, 0.25) is 5.02 Å². The molecule has 1 heterocycles. The van der Waals surface area contributed by atoms with Gasteiger partial charge in [0.25, 0.3) is 0 Å². The Balaban J connectivity index is 0.00000162. The Morgan fingerprint density at radius 2 is 2.17 bits per heavy atom. The van der Waals surface area contributed by atoms with E-state index in [1.807, 2.05) is 24.3 Å². The molecule has 1 saturated heterocycles. The van der Waals surface area contributed by atoms with Gasteiger partial charge < -0.3 is 10.6 Å². The van der Waals surface area contributed by atoms with E-state index in [0.29, 0.717) is 16.7 Å². The third kappa shape index (κ3) is 4.69. The van der Waals surface area contributed by atoms with Crippen molar-refractivity contribution >= 4 is 41.7 Å². The Bertz CT molecular complexity index is 399. The minimum atomic E-state index is 0. The van der Waals surface area contributed by atoms with E-state index >= 15 is 0 Å². The Morgan fingerprint density at radius 3 is 2.78 bits per heavy atom. The number of rotatable bonds is 5. The molecule has 100 valence electrons. The summed E-state index contributed by atoms with van der Waals surface area (Å²) in [6.45, 7) is 2.80. The zero-order valence-corrected chi connectivity index (χ0v) is 12.2. The maximum absolute atomic E-state index is 11.6. The van der Waals surface area contributed by atoms with Gasteiger partial charge in [0.1, 0.15) is 0 Å². The largest absolute Gasteiger partial charge is 0.355 e. The van der Waals surface area contributed by atoms with E-state index in [0.717, 1.165) is 24.5 Å². The first kappa shape index (κ1) is 15.6. The van der Waals surface area contributed by atoms with Crippen molar-refractivity contribution in [2.45, 2.75) is 4.90 Å². The van der Waals surface area contributed by atoms with Crippen molar-refractivity contribution in [3.05, 3.63) is 29.3 Å². The molecule has 0 saturated carbocycles. The molecule has 1 aromatic rings. The summed E-state index contributed by atoms with van der Waals surface area (Å²) in [7, 11) is 0. The third-order valence-electron chi connectivity index (χ3n) is 2.65. The number of amides is 1. The average Bonchev–Trinajstić information content (AvgIpc) is 2.26. The van der Waals surface area contributed by atoms with Crippen molar-refractivity contribution in [3.8, 4) is 0 Å². The van der Waals surface area contributed by atoms with Crippen molar-refractivity contribution in [1.82, 2.24) is 10.6 Å². The van der Waals surface area contributed by atoms with Gasteiger partial charge in [0.15, 0.2) is 0 Å². The van der Waals surface area contributed by atoms with Gasteiger partial charge in [-0.2, -0.15) is 0 Å². The highest BCUT2D eigenvalue weighted by Gasteiger charge is 2.17. The summed E-state index contributed by atoms with van der Waals surface area (Å²) in [5, 5.41) is 6.81. The molecule has 0 aromatic heterocycles. The molecule has 18 heavy (non-hydrogen) atoms. The van der Waals surface area contributed by atoms with Crippen LogP contribution in [-0.2, 0) is 4.79 Å². The SMILES string of the molecule is Cl.O=C(CSc1ccccc1Cl)NCC1CNC1. The van der Waals surface area contributed by atoms with Gasteiger partial charge in [0.2, 0.25) is 5.91 Å². The minimum Gasteiger partial charge on any atom is -0.355 e. The van der Waals surface area contributed by atoms with Crippen LogP contribution in [0.3, 0.4) is 0 Å². The lowest BCUT2D eigenvalue weighted by Crippen LogP contribution is -2.48. The molecule has 1 aliphatic rings. The van der Waals surface area contributed by atoms with E-state index < -0.39 is 0 Å². The molecule has 2 rings (SSSR count). The number of carbonyl (C=O) groups is 1. The molecule has 0 bridgehead atoms. The summed E-state index contributed by atoms with van der Waals surface area (Å²) >= 11 is 7.48. The van der Waals surface area contributed by atoms with Crippen LogP contribution in [0, 0.1) is 5.92 Å². The molecular formula is C12H16Cl2N2OS. The molecule has 0 spiro atoms. The Morgan fingerprint density at radius 1 is 1.44 bits per heavy atom. The summed E-state index contributed by atoms with van der Waals surface area (Å²) in [5.41, 5.74) is 0. The van der Waals surface area contributed by atoms with E-state index in [2.05, 4.69) is 10.6 Å². The standard InChI is InChI=1S/C12H15ClN2OS.ClH/c13-10-3-1-2-4-11(10)17-8-12(16)15-7-9-5-14-6-9;/h1-4,9,14H,5-8H2,(H,15,16);1H. The highest BCUT2D eigenvalue weighted by molar-refractivity contribution is 8.00. The van der Waals surface area contributed by atoms with Crippen molar-refractivity contribution in [2.75, 3.05) is 25.4 Å². The van der Waals surface area contributed by atoms with Crippen molar-refractivity contribution in [2.24, 2.45) is 5.92 Å². The second-order valence-corrected chi connectivity index (χ2v) is 5.47. The van der Waals surface area contributed by atoms with Crippen LogP contribution in [0.25, 0.3) is 0 Å². The molecule has 1 aromatic carbocycles. The van der Waals surface area contributed by atoms with Crippen molar-refractivity contribution in [3.63, 3.8) is 0 Å². The molecule has 0 atom stereocenters. The van der Waals surface area contributed by atoms with Crippen LogP contribution < -0.4 is 10.6 Å². The van der Waals surface area contributed by atoms with Crippen LogP contribution in [0.1, 0.15) is 0 Å². The molecule has 0 aliphatic carbocycles. The van der Waals surface area contributed by atoms with Crippen LogP contribution in [-0.4, -0.2) is 31.3 Å². The van der Waals surface area contributed by atoms with E-state index in [-0.39, 0.29) is 18.3 Å². The second kappa shape index (κ2) is 7.89. The van der Waals surface area contributed by atoms with Gasteiger partial charge in [-0.1, -0.05) is 23.7 Å². The number of hydrogen-bond acceptors (Lipinski definition) is 3. The van der Waals surface area contributed by atoms with Gasteiger partial charge in [0.05, 0.1) is 10.8 Å². The molecule has 2 N–H and O–H groups in total. The minimum absolute atomic E-state index is 0. The summed E-state index contributed by atoms with van der Waals surface area (Å²) < 4.78 is 0. The lowest BCUT2D eigenvalue weighted by atomic mass is 10.0. The highest BCUT2D eigenvalue weighted by Crippen LogP contribution is 2.26. The molecule has 1 fully saturated rings. The first-order chi connectivity index (χ1) is 8.25. The van der Waals surface area contributed by atoms with Crippen molar-refractivity contribution < 1.29 is 4.79 Å². The Hall–Kier alpha value is -0.420. The zero-order chi connectivity index (χ0) is 12.1. The number of thioether (sulfide) groups is 1. The predicted octanol–water partition coefficient (Wildman–Crippen LogP) is 2.19. The highest BCUT2D eigenvalue weighted by atomic mass is 35.5. The summed E-state index contributed by atoms with van der Waals surface area (Å²) in [6, 6.07) is 7.57. The fourth-order valence-electron chi connectivity index (χ4n) is 1.51. The number of carbonyl (C=O) groups excluding carboxylic acids is 1. The predicted molar refractivity (Wildman–Crippen MR) is 78.8 cm³/mol. The average molecular weight is 307 g/mol. The summed E-state index contributed by atoms with van der Waals surface area (Å²) in [4.78, 5) is 12.5. The van der Waals surface area contributed by atoms with Gasteiger partial charge in [-0.25, -0.2) is 0 Å². The first-order valence-electron chi connectivity index (χ1n) is 5.60. The quantitative estimate of drug-likeness (QED) is 0.819. The molecule has 1 aliphatic heterocycles.